The van der Waals surface area contributed by atoms with E-state index in [-0.39, 0.29) is 11.9 Å². The number of amides is 3. The van der Waals surface area contributed by atoms with Crippen molar-refractivity contribution in [3.05, 3.63) is 0 Å². The Morgan fingerprint density at radius 1 is 0.850 bits per heavy atom. The van der Waals surface area contributed by atoms with E-state index in [1.54, 1.807) is 4.90 Å². The molecule has 1 fully saturated rings. The highest BCUT2D eigenvalue weighted by atomic mass is 16.2. The molecule has 0 N–H and O–H groups in total. The Kier molecular flexibility index (Phi) is 7.26. The molecule has 5 nitrogen and oxygen atoms in total. The summed E-state index contributed by atoms with van der Waals surface area (Å²) in [4.78, 5) is 31.9. The standard InChI is InChI=1S/C15H27N3O2/c1-4-7-10-16-13-14(19)18(12-9-6-3)15(20)17(13)11-8-5-2/h4-12H2,1-3H3. The highest BCUT2D eigenvalue weighted by Crippen LogP contribution is 2.15. The third-order valence-electron chi connectivity index (χ3n) is 3.40. The molecule has 0 aromatic heterocycles. The van der Waals surface area contributed by atoms with E-state index in [1.165, 1.54) is 4.90 Å². The van der Waals surface area contributed by atoms with E-state index >= 15 is 0 Å². The molecule has 0 aromatic rings. The zero-order chi connectivity index (χ0) is 15.0. The number of hydrogen-bond donors (Lipinski definition) is 0. The molecule has 1 rings (SSSR count). The maximum absolute atomic E-state index is 12.3. The van der Waals surface area contributed by atoms with E-state index in [4.69, 9.17) is 0 Å². The largest absolute Gasteiger partial charge is 0.332 e. The van der Waals surface area contributed by atoms with Crippen LogP contribution in [0.4, 0.5) is 4.79 Å². The average Bonchev–Trinajstić information content (AvgIpc) is 2.66. The smallest absolute Gasteiger partial charge is 0.274 e. The van der Waals surface area contributed by atoms with Gasteiger partial charge in [-0.2, -0.15) is 0 Å². The molecule has 0 atom stereocenters. The van der Waals surface area contributed by atoms with Crippen LogP contribution in [0.1, 0.15) is 59.3 Å². The van der Waals surface area contributed by atoms with Gasteiger partial charge in [-0.05, 0) is 19.3 Å². The Morgan fingerprint density at radius 3 is 1.95 bits per heavy atom. The molecular formula is C15H27N3O2. The predicted molar refractivity (Wildman–Crippen MR) is 80.8 cm³/mol. The summed E-state index contributed by atoms with van der Waals surface area (Å²) in [5.74, 6) is 0.142. The molecule has 0 unspecified atom stereocenters. The first-order valence-corrected chi connectivity index (χ1v) is 7.85. The van der Waals surface area contributed by atoms with Gasteiger partial charge in [0, 0.05) is 19.6 Å². The first-order valence-electron chi connectivity index (χ1n) is 7.85. The summed E-state index contributed by atoms with van der Waals surface area (Å²) < 4.78 is 0. The molecular weight excluding hydrogens is 254 g/mol. The highest BCUT2D eigenvalue weighted by molar-refractivity contribution is 6.46. The molecule has 0 saturated carbocycles. The van der Waals surface area contributed by atoms with Crippen LogP contribution in [-0.4, -0.2) is 47.2 Å². The molecule has 1 heterocycles. The van der Waals surface area contributed by atoms with Crippen LogP contribution in [-0.2, 0) is 4.79 Å². The molecule has 0 bridgehead atoms. The second-order valence-electron chi connectivity index (χ2n) is 5.16. The van der Waals surface area contributed by atoms with Crippen molar-refractivity contribution in [3.8, 4) is 0 Å². The fourth-order valence-corrected chi connectivity index (χ4v) is 2.09. The SMILES string of the molecule is CCCCN=C1C(=O)N(CCCC)C(=O)N1CCCC. The number of urea groups is 1. The van der Waals surface area contributed by atoms with E-state index in [1.807, 2.05) is 0 Å². The van der Waals surface area contributed by atoms with Gasteiger partial charge in [0.05, 0.1) is 0 Å². The number of nitrogens with zero attached hydrogens (tertiary/aromatic N) is 3. The average molecular weight is 281 g/mol. The number of imide groups is 1. The number of carbonyl (C=O) groups excluding carboxylic acids is 2. The lowest BCUT2D eigenvalue weighted by Crippen LogP contribution is -2.34. The monoisotopic (exact) mass is 281 g/mol. The second kappa shape index (κ2) is 8.72. The zero-order valence-corrected chi connectivity index (χ0v) is 13.0. The van der Waals surface area contributed by atoms with Crippen molar-refractivity contribution < 1.29 is 9.59 Å². The number of rotatable bonds is 9. The Bertz CT molecular complexity index is 366. The zero-order valence-electron chi connectivity index (χ0n) is 13.0. The fraction of sp³-hybridized carbons (Fsp3) is 0.800. The number of carbonyl (C=O) groups is 2. The summed E-state index contributed by atoms with van der Waals surface area (Å²) >= 11 is 0. The van der Waals surface area contributed by atoms with Crippen LogP contribution < -0.4 is 0 Å². The van der Waals surface area contributed by atoms with Crippen LogP contribution in [0.15, 0.2) is 4.99 Å². The molecule has 20 heavy (non-hydrogen) atoms. The Balaban J connectivity index is 2.83. The molecule has 0 aromatic carbocycles. The lowest BCUT2D eigenvalue weighted by atomic mass is 10.3. The van der Waals surface area contributed by atoms with Crippen molar-refractivity contribution >= 4 is 17.8 Å². The predicted octanol–water partition coefficient (Wildman–Crippen LogP) is 3.05. The van der Waals surface area contributed by atoms with Crippen molar-refractivity contribution in [1.29, 1.82) is 0 Å². The van der Waals surface area contributed by atoms with E-state index in [2.05, 4.69) is 25.8 Å². The third-order valence-corrected chi connectivity index (χ3v) is 3.40. The van der Waals surface area contributed by atoms with Crippen LogP contribution >= 0.6 is 0 Å². The molecule has 0 aliphatic carbocycles. The highest BCUT2D eigenvalue weighted by Gasteiger charge is 2.41. The lowest BCUT2D eigenvalue weighted by molar-refractivity contribution is -0.120. The molecule has 0 spiro atoms. The van der Waals surface area contributed by atoms with Gasteiger partial charge in [-0.3, -0.25) is 19.6 Å². The van der Waals surface area contributed by atoms with Gasteiger partial charge in [0.2, 0.25) is 0 Å². The quantitative estimate of drug-likeness (QED) is 0.482. The van der Waals surface area contributed by atoms with Crippen molar-refractivity contribution in [2.24, 2.45) is 4.99 Å². The Labute approximate surface area is 122 Å². The van der Waals surface area contributed by atoms with E-state index in [0.717, 1.165) is 38.5 Å². The van der Waals surface area contributed by atoms with Gasteiger partial charge >= 0.3 is 6.03 Å². The number of aliphatic imine (C=N–C) groups is 1. The minimum absolute atomic E-state index is 0.188. The summed E-state index contributed by atoms with van der Waals surface area (Å²) in [6.45, 7) is 7.93. The minimum atomic E-state index is -0.212. The molecule has 1 saturated heterocycles. The maximum atomic E-state index is 12.3. The number of amidine groups is 1. The van der Waals surface area contributed by atoms with Gasteiger partial charge in [-0.1, -0.05) is 40.0 Å². The molecule has 3 amide bonds. The number of hydrogen-bond acceptors (Lipinski definition) is 3. The summed E-state index contributed by atoms with van der Waals surface area (Å²) in [7, 11) is 0. The molecule has 1 aliphatic rings. The summed E-state index contributed by atoms with van der Waals surface area (Å²) in [5.41, 5.74) is 0. The summed E-state index contributed by atoms with van der Waals surface area (Å²) in [6.07, 6.45) is 5.69. The first kappa shape index (κ1) is 16.7. The van der Waals surface area contributed by atoms with Gasteiger partial charge in [-0.25, -0.2) is 4.79 Å². The van der Waals surface area contributed by atoms with Gasteiger partial charge in [0.15, 0.2) is 5.84 Å². The molecule has 114 valence electrons. The first-order chi connectivity index (χ1) is 9.67. The van der Waals surface area contributed by atoms with Crippen LogP contribution in [0.25, 0.3) is 0 Å². The minimum Gasteiger partial charge on any atom is -0.274 e. The Hall–Kier alpha value is -1.39. The summed E-state index contributed by atoms with van der Waals surface area (Å²) in [5, 5.41) is 0. The maximum Gasteiger partial charge on any atom is 0.332 e. The van der Waals surface area contributed by atoms with Crippen LogP contribution in [0.3, 0.4) is 0 Å². The van der Waals surface area contributed by atoms with Crippen LogP contribution in [0.2, 0.25) is 0 Å². The normalized spacial score (nSPS) is 17.6. The lowest BCUT2D eigenvalue weighted by Gasteiger charge is -2.15. The van der Waals surface area contributed by atoms with Gasteiger partial charge < -0.3 is 0 Å². The molecule has 1 aliphatic heterocycles. The number of unbranched alkanes of at least 4 members (excludes halogenated alkanes) is 3. The fourth-order valence-electron chi connectivity index (χ4n) is 2.09. The second-order valence-corrected chi connectivity index (χ2v) is 5.16. The van der Waals surface area contributed by atoms with E-state index in [0.29, 0.717) is 25.5 Å². The van der Waals surface area contributed by atoms with Crippen molar-refractivity contribution in [2.45, 2.75) is 59.3 Å². The van der Waals surface area contributed by atoms with Crippen molar-refractivity contribution in [2.75, 3.05) is 19.6 Å². The van der Waals surface area contributed by atoms with E-state index < -0.39 is 0 Å². The molecule has 0 radical (unpaired) electrons. The van der Waals surface area contributed by atoms with Gasteiger partial charge in [0.1, 0.15) is 0 Å². The topological polar surface area (TPSA) is 53.0 Å². The van der Waals surface area contributed by atoms with Crippen LogP contribution in [0.5, 0.6) is 0 Å². The van der Waals surface area contributed by atoms with Gasteiger partial charge in [0.25, 0.3) is 5.91 Å². The third kappa shape index (κ3) is 4.05. The Morgan fingerprint density at radius 2 is 1.40 bits per heavy atom. The molecule has 5 heteroatoms. The van der Waals surface area contributed by atoms with Gasteiger partial charge in [-0.15, -0.1) is 0 Å². The van der Waals surface area contributed by atoms with E-state index in [9.17, 15) is 9.59 Å². The van der Waals surface area contributed by atoms with Crippen LogP contribution in [0, 0.1) is 0 Å². The van der Waals surface area contributed by atoms with Crippen molar-refractivity contribution in [1.82, 2.24) is 9.80 Å². The van der Waals surface area contributed by atoms with Crippen molar-refractivity contribution in [3.63, 3.8) is 0 Å². The summed E-state index contributed by atoms with van der Waals surface area (Å²) in [6, 6.07) is -0.188.